The van der Waals surface area contributed by atoms with E-state index in [1.54, 1.807) is 0 Å². The number of rotatable bonds is 3. The summed E-state index contributed by atoms with van der Waals surface area (Å²) in [5, 5.41) is 7.67. The summed E-state index contributed by atoms with van der Waals surface area (Å²) in [5.74, 6) is 0. The van der Waals surface area contributed by atoms with E-state index in [9.17, 15) is 0 Å². The number of anilines is 1. The normalized spacial score (nSPS) is 10.2. The molecule has 0 spiro atoms. The second-order valence-electron chi connectivity index (χ2n) is 4.36. The molecule has 2 N–H and O–H groups in total. The van der Waals surface area contributed by atoms with Crippen LogP contribution in [0.15, 0.2) is 46.9 Å². The average Bonchev–Trinajstić information content (AvgIpc) is 2.41. The van der Waals surface area contributed by atoms with Crippen LogP contribution in [0.2, 0.25) is 5.02 Å². The topological polar surface area (TPSA) is 24.1 Å². The summed E-state index contributed by atoms with van der Waals surface area (Å²) in [6, 6.07) is 13.7. The van der Waals surface area contributed by atoms with Crippen molar-refractivity contribution >= 4 is 50.5 Å². The molecule has 0 saturated heterocycles. The molecule has 0 atom stereocenters. The predicted molar refractivity (Wildman–Crippen MR) is 93.4 cm³/mol. The largest absolute Gasteiger partial charge is 0.358 e. The Labute approximate surface area is 137 Å². The average molecular weight is 370 g/mol. The molecule has 2 nitrogen and oxygen atoms in total. The van der Waals surface area contributed by atoms with Crippen LogP contribution in [0.3, 0.4) is 0 Å². The lowest BCUT2D eigenvalue weighted by Gasteiger charge is -2.13. The van der Waals surface area contributed by atoms with Gasteiger partial charge in [-0.1, -0.05) is 45.7 Å². The molecular weight excluding hydrogens is 356 g/mol. The van der Waals surface area contributed by atoms with Gasteiger partial charge in [-0.2, -0.15) is 0 Å². The first kappa shape index (κ1) is 15.3. The Morgan fingerprint density at radius 1 is 1.25 bits per heavy atom. The van der Waals surface area contributed by atoms with Crippen LogP contribution in [-0.2, 0) is 6.54 Å². The Kier molecular flexibility index (Phi) is 5.40. The van der Waals surface area contributed by atoms with E-state index in [2.05, 4.69) is 26.6 Å². The van der Waals surface area contributed by atoms with Crippen LogP contribution in [0.4, 0.5) is 5.69 Å². The fraction of sp³-hybridized carbons (Fsp3) is 0.133. The molecule has 0 radical (unpaired) electrons. The highest BCUT2D eigenvalue weighted by atomic mass is 79.9. The second kappa shape index (κ2) is 7.07. The minimum atomic E-state index is 0.589. The van der Waals surface area contributed by atoms with Gasteiger partial charge in [0.1, 0.15) is 0 Å². The van der Waals surface area contributed by atoms with Crippen LogP contribution < -0.4 is 10.6 Å². The van der Waals surface area contributed by atoms with E-state index in [-0.39, 0.29) is 0 Å². The summed E-state index contributed by atoms with van der Waals surface area (Å²) in [4.78, 5) is 0. The number of benzene rings is 2. The van der Waals surface area contributed by atoms with Crippen LogP contribution in [0, 0.1) is 6.92 Å². The molecule has 0 bridgehead atoms. The van der Waals surface area contributed by atoms with E-state index in [0.717, 1.165) is 26.3 Å². The van der Waals surface area contributed by atoms with Crippen molar-refractivity contribution in [3.8, 4) is 0 Å². The van der Waals surface area contributed by atoms with Crippen LogP contribution >= 0.6 is 39.7 Å². The van der Waals surface area contributed by atoms with E-state index in [4.69, 9.17) is 23.8 Å². The summed E-state index contributed by atoms with van der Waals surface area (Å²) < 4.78 is 1.07. The van der Waals surface area contributed by atoms with Gasteiger partial charge in [-0.05, 0) is 54.5 Å². The van der Waals surface area contributed by atoms with Crippen molar-refractivity contribution in [3.05, 3.63) is 63.1 Å². The van der Waals surface area contributed by atoms with Crippen LogP contribution in [0.25, 0.3) is 0 Å². The van der Waals surface area contributed by atoms with Crippen molar-refractivity contribution < 1.29 is 0 Å². The van der Waals surface area contributed by atoms with Gasteiger partial charge in [-0.25, -0.2) is 0 Å². The van der Waals surface area contributed by atoms with Crippen molar-refractivity contribution in [2.24, 2.45) is 0 Å². The van der Waals surface area contributed by atoms with Crippen LogP contribution in [-0.4, -0.2) is 5.11 Å². The summed E-state index contributed by atoms with van der Waals surface area (Å²) >= 11 is 14.7. The van der Waals surface area contributed by atoms with Crippen molar-refractivity contribution in [3.63, 3.8) is 0 Å². The molecular formula is C15H14BrClN2S. The van der Waals surface area contributed by atoms with Gasteiger partial charge in [-0.15, -0.1) is 0 Å². The van der Waals surface area contributed by atoms with Gasteiger partial charge in [0.25, 0.3) is 0 Å². The van der Waals surface area contributed by atoms with E-state index >= 15 is 0 Å². The summed E-state index contributed by atoms with van der Waals surface area (Å²) in [5.41, 5.74) is 3.17. The lowest BCUT2D eigenvalue weighted by Crippen LogP contribution is -2.28. The zero-order valence-corrected chi connectivity index (χ0v) is 14.1. The summed E-state index contributed by atoms with van der Waals surface area (Å²) in [6.45, 7) is 2.66. The molecule has 0 aromatic heterocycles. The molecule has 0 amide bonds. The standard InChI is InChI=1S/C15H14BrClN2S/c1-10-8-12(17)6-7-14(10)19-15(20)18-9-11-4-2-3-5-13(11)16/h2-8H,9H2,1H3,(H2,18,19,20). The molecule has 0 unspecified atom stereocenters. The van der Waals surface area contributed by atoms with Crippen molar-refractivity contribution in [2.75, 3.05) is 5.32 Å². The van der Waals surface area contributed by atoms with Crippen molar-refractivity contribution in [2.45, 2.75) is 13.5 Å². The smallest absolute Gasteiger partial charge is 0.171 e. The minimum absolute atomic E-state index is 0.589. The zero-order valence-electron chi connectivity index (χ0n) is 10.9. The molecule has 0 saturated carbocycles. The SMILES string of the molecule is Cc1cc(Cl)ccc1NC(=S)NCc1ccccc1Br. The van der Waals surface area contributed by atoms with Gasteiger partial charge in [-0.3, -0.25) is 0 Å². The first-order valence-electron chi connectivity index (χ1n) is 6.10. The fourth-order valence-corrected chi connectivity index (χ4v) is 2.58. The third-order valence-electron chi connectivity index (χ3n) is 2.83. The lowest BCUT2D eigenvalue weighted by atomic mass is 10.2. The molecule has 2 rings (SSSR count). The van der Waals surface area contributed by atoms with Crippen LogP contribution in [0.1, 0.15) is 11.1 Å². The molecule has 2 aromatic rings. The van der Waals surface area contributed by atoms with Gasteiger partial charge in [0, 0.05) is 21.7 Å². The molecule has 2 aromatic carbocycles. The Hall–Kier alpha value is -1.10. The molecule has 0 fully saturated rings. The van der Waals surface area contributed by atoms with Gasteiger partial charge >= 0.3 is 0 Å². The lowest BCUT2D eigenvalue weighted by molar-refractivity contribution is 0.920. The number of thiocarbonyl (C=S) groups is 1. The third kappa shape index (κ3) is 4.20. The monoisotopic (exact) mass is 368 g/mol. The Morgan fingerprint density at radius 2 is 2.00 bits per heavy atom. The first-order chi connectivity index (χ1) is 9.56. The van der Waals surface area contributed by atoms with Crippen LogP contribution in [0.5, 0.6) is 0 Å². The minimum Gasteiger partial charge on any atom is -0.358 e. The fourth-order valence-electron chi connectivity index (χ4n) is 1.75. The molecule has 0 aliphatic heterocycles. The number of aryl methyl sites for hydroxylation is 1. The van der Waals surface area contributed by atoms with Gasteiger partial charge < -0.3 is 10.6 Å². The Balaban J connectivity index is 1.94. The van der Waals surface area contributed by atoms with Gasteiger partial charge in [0.2, 0.25) is 0 Å². The van der Waals surface area contributed by atoms with Gasteiger partial charge in [0.05, 0.1) is 0 Å². The molecule has 5 heteroatoms. The van der Waals surface area contributed by atoms with E-state index < -0.39 is 0 Å². The summed E-state index contributed by atoms with van der Waals surface area (Å²) in [6.07, 6.45) is 0. The highest BCUT2D eigenvalue weighted by Crippen LogP contribution is 2.19. The zero-order chi connectivity index (χ0) is 14.5. The Morgan fingerprint density at radius 3 is 2.70 bits per heavy atom. The number of hydrogen-bond donors (Lipinski definition) is 2. The van der Waals surface area contributed by atoms with Gasteiger partial charge in [0.15, 0.2) is 5.11 Å². The maximum atomic E-state index is 5.93. The third-order valence-corrected chi connectivity index (χ3v) is 4.09. The molecule has 0 heterocycles. The highest BCUT2D eigenvalue weighted by molar-refractivity contribution is 9.10. The molecule has 0 aliphatic rings. The summed E-state index contributed by atoms with van der Waals surface area (Å²) in [7, 11) is 0. The maximum Gasteiger partial charge on any atom is 0.171 e. The molecule has 20 heavy (non-hydrogen) atoms. The van der Waals surface area contributed by atoms with Crippen molar-refractivity contribution in [1.82, 2.24) is 5.32 Å². The predicted octanol–water partition coefficient (Wildman–Crippen LogP) is 4.90. The first-order valence-corrected chi connectivity index (χ1v) is 7.68. The maximum absolute atomic E-state index is 5.93. The molecule has 0 aliphatic carbocycles. The number of nitrogens with one attached hydrogen (secondary N) is 2. The Bertz CT molecular complexity index is 631. The molecule has 104 valence electrons. The second-order valence-corrected chi connectivity index (χ2v) is 6.06. The number of halogens is 2. The van der Waals surface area contributed by atoms with Crippen molar-refractivity contribution in [1.29, 1.82) is 0 Å². The number of hydrogen-bond acceptors (Lipinski definition) is 1. The van der Waals surface area contributed by atoms with E-state index in [1.165, 1.54) is 0 Å². The quantitative estimate of drug-likeness (QED) is 0.753. The van der Waals surface area contributed by atoms with E-state index in [0.29, 0.717) is 11.7 Å². The van der Waals surface area contributed by atoms with E-state index in [1.807, 2.05) is 49.4 Å². The highest BCUT2D eigenvalue weighted by Gasteiger charge is 2.03.